The van der Waals surface area contributed by atoms with Crippen LogP contribution in [0.4, 0.5) is 0 Å². The van der Waals surface area contributed by atoms with E-state index in [9.17, 15) is 4.79 Å². The van der Waals surface area contributed by atoms with Crippen molar-refractivity contribution < 1.29 is 9.90 Å². The van der Waals surface area contributed by atoms with E-state index in [4.69, 9.17) is 16.7 Å². The lowest BCUT2D eigenvalue weighted by atomic mass is 10.1. The summed E-state index contributed by atoms with van der Waals surface area (Å²) < 4.78 is 0. The fourth-order valence-electron chi connectivity index (χ4n) is 1.84. The molecule has 0 heterocycles. The van der Waals surface area contributed by atoms with Crippen molar-refractivity contribution in [2.75, 3.05) is 13.2 Å². The minimum absolute atomic E-state index is 0.00182. The van der Waals surface area contributed by atoms with Gasteiger partial charge < -0.3 is 10.0 Å². The van der Waals surface area contributed by atoms with Gasteiger partial charge in [0.25, 0.3) is 5.91 Å². The maximum atomic E-state index is 12.2. The van der Waals surface area contributed by atoms with Gasteiger partial charge >= 0.3 is 0 Å². The SMILES string of the molecule is Cc1ccc(C(=O)N(CCO)C2CC2)cc1Cl. The highest BCUT2D eigenvalue weighted by Gasteiger charge is 2.32. The smallest absolute Gasteiger partial charge is 0.254 e. The number of amides is 1. The molecule has 1 fully saturated rings. The van der Waals surface area contributed by atoms with Crippen LogP contribution in [0, 0.1) is 6.92 Å². The molecule has 0 atom stereocenters. The van der Waals surface area contributed by atoms with E-state index in [1.807, 2.05) is 13.0 Å². The third kappa shape index (κ3) is 2.79. The third-order valence-corrected chi connectivity index (χ3v) is 3.42. The number of hydrogen-bond acceptors (Lipinski definition) is 2. The Morgan fingerprint density at radius 2 is 2.24 bits per heavy atom. The summed E-state index contributed by atoms with van der Waals surface area (Å²) in [6.45, 7) is 2.31. The van der Waals surface area contributed by atoms with Gasteiger partial charge in [0.05, 0.1) is 6.61 Å². The van der Waals surface area contributed by atoms with Gasteiger partial charge in [0.2, 0.25) is 0 Å². The van der Waals surface area contributed by atoms with Crippen LogP contribution in [0.25, 0.3) is 0 Å². The van der Waals surface area contributed by atoms with E-state index in [-0.39, 0.29) is 12.5 Å². The molecule has 92 valence electrons. The molecule has 1 aromatic rings. The first kappa shape index (κ1) is 12.4. The fourth-order valence-corrected chi connectivity index (χ4v) is 2.02. The zero-order valence-corrected chi connectivity index (χ0v) is 10.6. The zero-order chi connectivity index (χ0) is 12.4. The van der Waals surface area contributed by atoms with Crippen LogP contribution in [0.5, 0.6) is 0 Å². The second-order valence-corrected chi connectivity index (χ2v) is 4.82. The van der Waals surface area contributed by atoms with Gasteiger partial charge in [0.15, 0.2) is 0 Å². The molecule has 0 unspecified atom stereocenters. The molecule has 1 aliphatic carbocycles. The lowest BCUT2D eigenvalue weighted by Crippen LogP contribution is -2.35. The lowest BCUT2D eigenvalue weighted by molar-refractivity contribution is 0.0707. The van der Waals surface area contributed by atoms with Gasteiger partial charge in [0.1, 0.15) is 0 Å². The largest absolute Gasteiger partial charge is 0.395 e. The summed E-state index contributed by atoms with van der Waals surface area (Å²) in [6, 6.07) is 5.64. The van der Waals surface area contributed by atoms with Crippen molar-refractivity contribution in [2.24, 2.45) is 0 Å². The van der Waals surface area contributed by atoms with E-state index in [1.165, 1.54) is 0 Å². The Hall–Kier alpha value is -1.06. The van der Waals surface area contributed by atoms with Crippen LogP contribution in [0.15, 0.2) is 18.2 Å². The lowest BCUT2D eigenvalue weighted by Gasteiger charge is -2.21. The van der Waals surface area contributed by atoms with Gasteiger partial charge in [-0.1, -0.05) is 17.7 Å². The van der Waals surface area contributed by atoms with E-state index < -0.39 is 0 Å². The summed E-state index contributed by atoms with van der Waals surface area (Å²) in [5.74, 6) is -0.0385. The molecule has 1 amide bonds. The van der Waals surface area contributed by atoms with E-state index in [1.54, 1.807) is 17.0 Å². The van der Waals surface area contributed by atoms with Gasteiger partial charge in [-0.2, -0.15) is 0 Å². The van der Waals surface area contributed by atoms with E-state index in [0.29, 0.717) is 23.2 Å². The Balaban J connectivity index is 2.19. The topological polar surface area (TPSA) is 40.5 Å². The third-order valence-electron chi connectivity index (χ3n) is 3.01. The van der Waals surface area contributed by atoms with Gasteiger partial charge in [-0.15, -0.1) is 0 Å². The minimum Gasteiger partial charge on any atom is -0.395 e. The molecule has 1 aromatic carbocycles. The summed E-state index contributed by atoms with van der Waals surface area (Å²) in [5.41, 5.74) is 1.56. The molecule has 0 spiro atoms. The van der Waals surface area contributed by atoms with Crippen LogP contribution in [0.1, 0.15) is 28.8 Å². The van der Waals surface area contributed by atoms with E-state index in [0.717, 1.165) is 18.4 Å². The first-order valence-corrected chi connectivity index (χ1v) is 6.19. The summed E-state index contributed by atoms with van der Waals surface area (Å²) in [6.07, 6.45) is 2.07. The predicted molar refractivity (Wildman–Crippen MR) is 67.3 cm³/mol. The molecule has 1 saturated carbocycles. The molecule has 3 nitrogen and oxygen atoms in total. The number of carbonyl (C=O) groups is 1. The molecule has 1 aliphatic rings. The minimum atomic E-state index is -0.0385. The number of aliphatic hydroxyl groups excluding tert-OH is 1. The molecule has 0 aliphatic heterocycles. The van der Waals surface area contributed by atoms with Crippen molar-refractivity contribution in [3.05, 3.63) is 34.3 Å². The van der Waals surface area contributed by atoms with Crippen molar-refractivity contribution in [3.63, 3.8) is 0 Å². The van der Waals surface area contributed by atoms with Crippen molar-refractivity contribution in [2.45, 2.75) is 25.8 Å². The second kappa shape index (κ2) is 5.07. The Morgan fingerprint density at radius 3 is 2.76 bits per heavy atom. The van der Waals surface area contributed by atoms with Crippen molar-refractivity contribution in [1.29, 1.82) is 0 Å². The molecule has 1 N–H and O–H groups in total. The molecule has 0 radical (unpaired) electrons. The van der Waals surface area contributed by atoms with Crippen molar-refractivity contribution in [1.82, 2.24) is 4.90 Å². The number of nitrogens with zero attached hydrogens (tertiary/aromatic N) is 1. The average Bonchev–Trinajstić information content (AvgIpc) is 3.13. The van der Waals surface area contributed by atoms with Crippen LogP contribution in [-0.4, -0.2) is 35.1 Å². The molecule has 0 aromatic heterocycles. The van der Waals surface area contributed by atoms with Crippen LogP contribution < -0.4 is 0 Å². The Morgan fingerprint density at radius 1 is 1.53 bits per heavy atom. The number of rotatable bonds is 4. The van der Waals surface area contributed by atoms with Gasteiger partial charge in [0, 0.05) is 23.2 Å². The van der Waals surface area contributed by atoms with Gasteiger partial charge in [-0.25, -0.2) is 0 Å². The Kier molecular flexibility index (Phi) is 3.69. The number of benzene rings is 1. The number of halogens is 1. The fraction of sp³-hybridized carbons (Fsp3) is 0.462. The van der Waals surface area contributed by atoms with Gasteiger partial charge in [-0.3, -0.25) is 4.79 Å². The van der Waals surface area contributed by atoms with Crippen LogP contribution in [0.2, 0.25) is 5.02 Å². The molecule has 0 bridgehead atoms. The Bertz CT molecular complexity index is 429. The maximum Gasteiger partial charge on any atom is 0.254 e. The number of hydrogen-bond donors (Lipinski definition) is 1. The molecule has 4 heteroatoms. The average molecular weight is 254 g/mol. The molecular weight excluding hydrogens is 238 g/mol. The van der Waals surface area contributed by atoms with E-state index in [2.05, 4.69) is 0 Å². The van der Waals surface area contributed by atoms with Crippen molar-refractivity contribution >= 4 is 17.5 Å². The first-order valence-electron chi connectivity index (χ1n) is 5.81. The van der Waals surface area contributed by atoms with Gasteiger partial charge in [-0.05, 0) is 37.5 Å². The van der Waals surface area contributed by atoms with Crippen molar-refractivity contribution in [3.8, 4) is 0 Å². The molecule has 17 heavy (non-hydrogen) atoms. The Labute approximate surface area is 106 Å². The van der Waals surface area contributed by atoms with Crippen LogP contribution in [-0.2, 0) is 0 Å². The maximum absolute atomic E-state index is 12.2. The normalized spacial score (nSPS) is 14.8. The summed E-state index contributed by atoms with van der Waals surface area (Å²) in [4.78, 5) is 14.0. The standard InChI is InChI=1S/C13H16ClNO2/c1-9-2-3-10(8-12(9)14)13(17)15(6-7-16)11-4-5-11/h2-3,8,11,16H,4-7H2,1H3. The number of aliphatic hydroxyl groups is 1. The quantitative estimate of drug-likeness (QED) is 0.894. The summed E-state index contributed by atoms with van der Waals surface area (Å²) in [5, 5.41) is 9.59. The van der Waals surface area contributed by atoms with Crippen LogP contribution >= 0.6 is 11.6 Å². The van der Waals surface area contributed by atoms with Crippen LogP contribution in [0.3, 0.4) is 0 Å². The highest BCUT2D eigenvalue weighted by molar-refractivity contribution is 6.31. The number of aryl methyl sites for hydroxylation is 1. The summed E-state index contributed by atoms with van der Waals surface area (Å²) >= 11 is 6.01. The zero-order valence-electron chi connectivity index (χ0n) is 9.82. The molecular formula is C13H16ClNO2. The monoisotopic (exact) mass is 253 g/mol. The van der Waals surface area contributed by atoms with E-state index >= 15 is 0 Å². The second-order valence-electron chi connectivity index (χ2n) is 4.42. The highest BCUT2D eigenvalue weighted by atomic mass is 35.5. The molecule has 0 saturated heterocycles. The first-order chi connectivity index (χ1) is 8.13. The number of carbonyl (C=O) groups excluding carboxylic acids is 1. The predicted octanol–water partition coefficient (Wildman–Crippen LogP) is 2.25. The highest BCUT2D eigenvalue weighted by Crippen LogP contribution is 2.28. The molecule has 2 rings (SSSR count). The summed E-state index contributed by atoms with van der Waals surface area (Å²) in [7, 11) is 0.